The molecular formula is C17H18N2O2S2. The molecular weight excluding hydrogens is 328 g/mol. The second kappa shape index (κ2) is 6.39. The number of aromatic nitrogens is 1. The molecule has 1 unspecified atom stereocenters. The van der Waals surface area contributed by atoms with Crippen molar-refractivity contribution in [2.24, 2.45) is 0 Å². The van der Waals surface area contributed by atoms with Gasteiger partial charge in [-0.15, -0.1) is 11.3 Å². The lowest BCUT2D eigenvalue weighted by Crippen LogP contribution is -2.34. The molecule has 3 rings (SSSR count). The van der Waals surface area contributed by atoms with E-state index in [1.807, 2.05) is 31.4 Å². The highest BCUT2D eigenvalue weighted by molar-refractivity contribution is 7.89. The van der Waals surface area contributed by atoms with Gasteiger partial charge in [-0.2, -0.15) is 0 Å². The smallest absolute Gasteiger partial charge is 0.241 e. The summed E-state index contributed by atoms with van der Waals surface area (Å²) in [5.74, 6) is 0. The predicted molar refractivity (Wildman–Crippen MR) is 94.3 cm³/mol. The fraction of sp³-hybridized carbons (Fsp3) is 0.235. The highest BCUT2D eigenvalue weighted by Gasteiger charge is 2.21. The van der Waals surface area contributed by atoms with Gasteiger partial charge in [0.05, 0.1) is 10.4 Å². The van der Waals surface area contributed by atoms with E-state index in [1.165, 1.54) is 0 Å². The van der Waals surface area contributed by atoms with Gasteiger partial charge in [0, 0.05) is 22.5 Å². The molecule has 0 aliphatic carbocycles. The van der Waals surface area contributed by atoms with Crippen LogP contribution in [-0.4, -0.2) is 19.4 Å². The number of sulfonamides is 1. The van der Waals surface area contributed by atoms with Crippen molar-refractivity contribution in [3.8, 4) is 0 Å². The Labute approximate surface area is 140 Å². The van der Waals surface area contributed by atoms with Gasteiger partial charge in [0.15, 0.2) is 0 Å². The molecule has 1 N–H and O–H groups in total. The number of rotatable bonds is 5. The van der Waals surface area contributed by atoms with Crippen LogP contribution in [-0.2, 0) is 16.4 Å². The monoisotopic (exact) mass is 346 g/mol. The first kappa shape index (κ1) is 16.1. The van der Waals surface area contributed by atoms with E-state index in [-0.39, 0.29) is 10.9 Å². The van der Waals surface area contributed by atoms with Crippen LogP contribution in [0.1, 0.15) is 17.4 Å². The summed E-state index contributed by atoms with van der Waals surface area (Å²) in [5, 5.41) is 2.65. The topological polar surface area (TPSA) is 59.1 Å². The molecule has 0 aliphatic heterocycles. The summed E-state index contributed by atoms with van der Waals surface area (Å²) in [7, 11) is -3.59. The molecule has 2 heterocycles. The van der Waals surface area contributed by atoms with Gasteiger partial charge in [-0.25, -0.2) is 13.1 Å². The minimum absolute atomic E-state index is 0.174. The molecule has 0 fully saturated rings. The van der Waals surface area contributed by atoms with Crippen LogP contribution in [0.3, 0.4) is 0 Å². The first-order chi connectivity index (χ1) is 11.0. The highest BCUT2D eigenvalue weighted by Crippen LogP contribution is 2.24. The van der Waals surface area contributed by atoms with E-state index in [0.29, 0.717) is 11.8 Å². The molecule has 23 heavy (non-hydrogen) atoms. The largest absolute Gasteiger partial charge is 0.256 e. The molecule has 0 aliphatic rings. The number of nitrogens with zero attached hydrogens (tertiary/aromatic N) is 1. The fourth-order valence-electron chi connectivity index (χ4n) is 2.62. The van der Waals surface area contributed by atoms with Crippen molar-refractivity contribution < 1.29 is 8.42 Å². The standard InChI is InChI=1S/C17H18N2O2S2/c1-12-7-8-16(15-6-3-9-18-17(12)15)23(20,21)19-13(2)11-14-5-4-10-22-14/h3-10,13,19H,11H2,1-2H3. The van der Waals surface area contributed by atoms with Crippen molar-refractivity contribution in [3.05, 3.63) is 58.4 Å². The van der Waals surface area contributed by atoms with Gasteiger partial charge in [-0.1, -0.05) is 12.1 Å². The maximum Gasteiger partial charge on any atom is 0.241 e. The number of hydrogen-bond donors (Lipinski definition) is 1. The lowest BCUT2D eigenvalue weighted by atomic mass is 10.1. The minimum Gasteiger partial charge on any atom is -0.256 e. The molecule has 120 valence electrons. The van der Waals surface area contributed by atoms with E-state index in [9.17, 15) is 8.42 Å². The Bertz CT molecular complexity index is 919. The maximum absolute atomic E-state index is 12.8. The van der Waals surface area contributed by atoms with Gasteiger partial charge in [0.2, 0.25) is 10.0 Å². The molecule has 1 aromatic carbocycles. The molecule has 1 atom stereocenters. The zero-order valence-corrected chi connectivity index (χ0v) is 14.6. The first-order valence-corrected chi connectivity index (χ1v) is 9.73. The quantitative estimate of drug-likeness (QED) is 0.769. The van der Waals surface area contributed by atoms with Crippen LogP contribution in [0.2, 0.25) is 0 Å². The zero-order chi connectivity index (χ0) is 16.4. The molecule has 0 radical (unpaired) electrons. The molecule has 3 aromatic rings. The van der Waals surface area contributed by atoms with Crippen LogP contribution in [0.4, 0.5) is 0 Å². The molecule has 0 spiro atoms. The molecule has 6 heteroatoms. The number of hydrogen-bond acceptors (Lipinski definition) is 4. The predicted octanol–water partition coefficient (Wildman–Crippen LogP) is 3.51. The average Bonchev–Trinajstić information content (AvgIpc) is 2.99. The van der Waals surface area contributed by atoms with Gasteiger partial charge in [0.25, 0.3) is 0 Å². The number of thiophene rings is 1. The van der Waals surface area contributed by atoms with Gasteiger partial charge in [-0.05, 0) is 55.5 Å². The minimum atomic E-state index is -3.59. The number of benzene rings is 1. The van der Waals surface area contributed by atoms with E-state index >= 15 is 0 Å². The van der Waals surface area contributed by atoms with Gasteiger partial charge < -0.3 is 0 Å². The Morgan fingerprint density at radius 3 is 2.78 bits per heavy atom. The van der Waals surface area contributed by atoms with Crippen LogP contribution in [0, 0.1) is 6.92 Å². The number of nitrogens with one attached hydrogen (secondary N) is 1. The lowest BCUT2D eigenvalue weighted by Gasteiger charge is -2.15. The van der Waals surface area contributed by atoms with Crippen molar-refractivity contribution in [2.75, 3.05) is 0 Å². The van der Waals surface area contributed by atoms with E-state index < -0.39 is 10.0 Å². The SMILES string of the molecule is Cc1ccc(S(=O)(=O)NC(C)Cc2cccs2)c2cccnc12. The Hall–Kier alpha value is -1.76. The molecule has 4 nitrogen and oxygen atoms in total. The summed E-state index contributed by atoms with van der Waals surface area (Å²) in [4.78, 5) is 5.75. The normalized spacial score (nSPS) is 13.3. The number of pyridine rings is 1. The van der Waals surface area contributed by atoms with Gasteiger partial charge in [-0.3, -0.25) is 4.98 Å². The molecule has 0 bridgehead atoms. The molecule has 0 amide bonds. The second-order valence-electron chi connectivity index (χ2n) is 5.59. The maximum atomic E-state index is 12.8. The van der Waals surface area contributed by atoms with Crippen LogP contribution in [0.25, 0.3) is 10.9 Å². The van der Waals surface area contributed by atoms with Crippen LogP contribution >= 0.6 is 11.3 Å². The summed E-state index contributed by atoms with van der Waals surface area (Å²) in [6.45, 7) is 3.81. The third kappa shape index (κ3) is 3.44. The fourth-order valence-corrected chi connectivity index (χ4v) is 4.90. The number of aryl methyl sites for hydroxylation is 1. The van der Waals surface area contributed by atoms with Gasteiger partial charge >= 0.3 is 0 Å². The van der Waals surface area contributed by atoms with Crippen molar-refractivity contribution in [1.82, 2.24) is 9.71 Å². The van der Waals surface area contributed by atoms with Crippen molar-refractivity contribution in [1.29, 1.82) is 0 Å². The van der Waals surface area contributed by atoms with E-state index in [4.69, 9.17) is 0 Å². The van der Waals surface area contributed by atoms with E-state index in [2.05, 4.69) is 9.71 Å². The molecule has 2 aromatic heterocycles. The van der Waals surface area contributed by atoms with E-state index in [1.54, 1.807) is 41.8 Å². The third-order valence-electron chi connectivity index (χ3n) is 3.66. The van der Waals surface area contributed by atoms with Crippen molar-refractivity contribution in [2.45, 2.75) is 31.2 Å². The lowest BCUT2D eigenvalue weighted by molar-refractivity contribution is 0.561. The third-order valence-corrected chi connectivity index (χ3v) is 6.21. The first-order valence-electron chi connectivity index (χ1n) is 7.36. The Kier molecular flexibility index (Phi) is 4.48. The Morgan fingerprint density at radius 1 is 1.22 bits per heavy atom. The van der Waals surface area contributed by atoms with Gasteiger partial charge in [0.1, 0.15) is 0 Å². The van der Waals surface area contributed by atoms with Crippen LogP contribution < -0.4 is 4.72 Å². The summed E-state index contributed by atoms with van der Waals surface area (Å²) < 4.78 is 28.3. The Morgan fingerprint density at radius 2 is 2.04 bits per heavy atom. The Balaban J connectivity index is 1.92. The molecule has 0 saturated carbocycles. The highest BCUT2D eigenvalue weighted by atomic mass is 32.2. The zero-order valence-electron chi connectivity index (χ0n) is 13.0. The van der Waals surface area contributed by atoms with E-state index in [0.717, 1.165) is 16.0 Å². The summed E-state index contributed by atoms with van der Waals surface area (Å²) in [5.41, 5.74) is 1.69. The second-order valence-corrected chi connectivity index (χ2v) is 8.30. The van der Waals surface area contributed by atoms with Crippen molar-refractivity contribution >= 4 is 32.3 Å². The summed E-state index contributed by atoms with van der Waals surface area (Å²) in [6, 6.07) is 10.8. The summed E-state index contributed by atoms with van der Waals surface area (Å²) >= 11 is 1.63. The summed E-state index contributed by atoms with van der Waals surface area (Å²) in [6.07, 6.45) is 2.36. The number of fused-ring (bicyclic) bond motifs is 1. The van der Waals surface area contributed by atoms with Crippen LogP contribution in [0.5, 0.6) is 0 Å². The molecule has 0 saturated heterocycles. The average molecular weight is 346 g/mol. The van der Waals surface area contributed by atoms with Crippen molar-refractivity contribution in [3.63, 3.8) is 0 Å². The van der Waals surface area contributed by atoms with Crippen LogP contribution in [0.15, 0.2) is 52.9 Å².